The molecule has 0 saturated carbocycles. The summed E-state index contributed by atoms with van der Waals surface area (Å²) in [4.78, 5) is 20.4. The van der Waals surface area contributed by atoms with E-state index in [1.54, 1.807) is 17.4 Å². The number of hydrogen-bond acceptors (Lipinski definition) is 4. The van der Waals surface area contributed by atoms with E-state index in [9.17, 15) is 4.79 Å². The number of nitrogens with zero attached hydrogens (tertiary/aromatic N) is 2. The summed E-state index contributed by atoms with van der Waals surface area (Å²) in [5, 5.41) is 0. The molecule has 0 fully saturated rings. The number of rotatable bonds is 9. The maximum atomic E-state index is 12.5. The van der Waals surface area contributed by atoms with E-state index in [0.717, 1.165) is 44.9 Å². The lowest BCUT2D eigenvalue weighted by Gasteiger charge is -2.14. The van der Waals surface area contributed by atoms with Crippen LogP contribution in [0.15, 0.2) is 35.1 Å². The van der Waals surface area contributed by atoms with Crippen molar-refractivity contribution in [2.45, 2.75) is 58.3 Å². The van der Waals surface area contributed by atoms with Gasteiger partial charge < -0.3 is 4.90 Å². The molecule has 1 aromatic carbocycles. The van der Waals surface area contributed by atoms with Gasteiger partial charge in [-0.2, -0.15) is 0 Å². The Balaban J connectivity index is 1.74. The van der Waals surface area contributed by atoms with Crippen LogP contribution in [0.4, 0.5) is 5.69 Å². The highest BCUT2D eigenvalue weighted by Gasteiger charge is 2.12. The first-order valence-electron chi connectivity index (χ1n) is 10.1. The van der Waals surface area contributed by atoms with Crippen LogP contribution in [0.2, 0.25) is 0 Å². The van der Waals surface area contributed by atoms with Crippen molar-refractivity contribution in [1.29, 1.82) is 0 Å². The first-order valence-corrected chi connectivity index (χ1v) is 10.9. The number of benzene rings is 2. The molecule has 1 heterocycles. The highest BCUT2D eigenvalue weighted by atomic mass is 32.1. The largest absolute Gasteiger partial charge is 0.378 e. The van der Waals surface area contributed by atoms with Crippen molar-refractivity contribution in [3.05, 3.63) is 46.1 Å². The predicted molar refractivity (Wildman–Crippen MR) is 119 cm³/mol. The van der Waals surface area contributed by atoms with E-state index in [2.05, 4.69) is 30.0 Å². The van der Waals surface area contributed by atoms with E-state index in [4.69, 9.17) is 4.98 Å². The van der Waals surface area contributed by atoms with Crippen LogP contribution in [0.5, 0.6) is 0 Å². The summed E-state index contributed by atoms with van der Waals surface area (Å²) in [7, 11) is 4.07. The first-order chi connectivity index (χ1) is 13.1. The van der Waals surface area contributed by atoms with Crippen LogP contribution >= 0.6 is 11.3 Å². The zero-order valence-corrected chi connectivity index (χ0v) is 17.6. The van der Waals surface area contributed by atoms with Crippen molar-refractivity contribution >= 4 is 27.2 Å². The Kier molecular flexibility index (Phi) is 6.84. The Labute approximate surface area is 166 Å². The number of hydrogen-bond donors (Lipinski definition) is 0. The van der Waals surface area contributed by atoms with E-state index in [-0.39, 0.29) is 5.43 Å². The lowest BCUT2D eigenvalue weighted by Crippen LogP contribution is -2.09. The van der Waals surface area contributed by atoms with Gasteiger partial charge in [0.25, 0.3) is 0 Å². The lowest BCUT2D eigenvalue weighted by molar-refractivity contribution is 0.589. The Morgan fingerprint density at radius 3 is 2.44 bits per heavy atom. The Bertz CT molecular complexity index is 916. The molecule has 3 rings (SSSR count). The Morgan fingerprint density at radius 2 is 1.70 bits per heavy atom. The van der Waals surface area contributed by atoms with Crippen LogP contribution in [0, 0.1) is 0 Å². The molecule has 0 bridgehead atoms. The molecule has 0 atom stereocenters. The average molecular weight is 383 g/mol. The summed E-state index contributed by atoms with van der Waals surface area (Å²) >= 11 is 1.66. The minimum atomic E-state index is 0.162. The van der Waals surface area contributed by atoms with E-state index in [0.29, 0.717) is 0 Å². The molecule has 4 heteroatoms. The van der Waals surface area contributed by atoms with Crippen molar-refractivity contribution in [1.82, 2.24) is 4.98 Å². The van der Waals surface area contributed by atoms with Gasteiger partial charge in [-0.15, -0.1) is 11.3 Å². The third-order valence-electron chi connectivity index (χ3n) is 5.11. The molecule has 0 amide bonds. The second-order valence-electron chi connectivity index (χ2n) is 7.56. The summed E-state index contributed by atoms with van der Waals surface area (Å²) in [6.07, 6.45) is 9.74. The molecule has 0 radical (unpaired) electrons. The zero-order valence-electron chi connectivity index (χ0n) is 16.8. The van der Waals surface area contributed by atoms with Gasteiger partial charge in [-0.3, -0.25) is 4.79 Å². The first kappa shape index (κ1) is 19.8. The smallest absolute Gasteiger partial charge is 0.183 e. The van der Waals surface area contributed by atoms with Gasteiger partial charge >= 0.3 is 0 Å². The Morgan fingerprint density at radius 1 is 0.963 bits per heavy atom. The van der Waals surface area contributed by atoms with Crippen LogP contribution in [0.3, 0.4) is 0 Å². The number of aryl methyl sites for hydroxylation is 1. The number of unbranched alkanes of at least 4 members (excludes halogenated alkanes) is 6. The minimum absolute atomic E-state index is 0.162. The average Bonchev–Trinajstić information content (AvgIpc) is 2.65. The molecule has 1 aromatic rings. The third kappa shape index (κ3) is 5.07. The molecule has 144 valence electrons. The van der Waals surface area contributed by atoms with Crippen LogP contribution in [-0.2, 0) is 6.42 Å². The normalized spacial score (nSPS) is 11.4. The Hall–Kier alpha value is -1.94. The topological polar surface area (TPSA) is 33.2 Å². The maximum Gasteiger partial charge on any atom is 0.183 e. The number of aromatic nitrogens is 1. The number of fused-ring (bicyclic) bond motifs is 2. The summed E-state index contributed by atoms with van der Waals surface area (Å²) in [5.74, 6) is 0. The molecule has 2 aliphatic rings. The van der Waals surface area contributed by atoms with Gasteiger partial charge in [0.2, 0.25) is 0 Å². The zero-order chi connectivity index (χ0) is 19.2. The van der Waals surface area contributed by atoms with Gasteiger partial charge in [0.05, 0.1) is 20.8 Å². The van der Waals surface area contributed by atoms with Crippen LogP contribution in [0.25, 0.3) is 20.8 Å². The SMILES string of the molecule is CCCCCCCCCc1cc2nc3ccc(N(C)C)cc3sc-2cc1=O. The molecule has 0 unspecified atom stereocenters. The third-order valence-corrected chi connectivity index (χ3v) is 6.21. The van der Waals surface area contributed by atoms with Gasteiger partial charge in [0, 0.05) is 31.4 Å². The van der Waals surface area contributed by atoms with E-state index < -0.39 is 0 Å². The van der Waals surface area contributed by atoms with Crippen molar-refractivity contribution in [2.24, 2.45) is 0 Å². The quantitative estimate of drug-likeness (QED) is 0.330. The van der Waals surface area contributed by atoms with Crippen molar-refractivity contribution < 1.29 is 0 Å². The van der Waals surface area contributed by atoms with Crippen LogP contribution < -0.4 is 10.3 Å². The minimum Gasteiger partial charge on any atom is -0.378 e. The molecule has 27 heavy (non-hydrogen) atoms. The highest BCUT2D eigenvalue weighted by molar-refractivity contribution is 7.21. The van der Waals surface area contributed by atoms with Crippen molar-refractivity contribution in [3.8, 4) is 10.6 Å². The molecule has 0 N–H and O–H groups in total. The van der Waals surface area contributed by atoms with Crippen LogP contribution in [0.1, 0.15) is 57.4 Å². The molecule has 0 saturated heterocycles. The fourth-order valence-electron chi connectivity index (χ4n) is 3.43. The molecule has 0 spiro atoms. The maximum absolute atomic E-state index is 12.5. The van der Waals surface area contributed by atoms with Gasteiger partial charge in [-0.1, -0.05) is 45.4 Å². The summed E-state index contributed by atoms with van der Waals surface area (Å²) < 4.78 is 1.12. The van der Waals surface area contributed by atoms with Gasteiger partial charge in [-0.25, -0.2) is 4.98 Å². The van der Waals surface area contributed by atoms with E-state index >= 15 is 0 Å². The lowest BCUT2D eigenvalue weighted by atomic mass is 10.0. The second kappa shape index (κ2) is 9.32. The highest BCUT2D eigenvalue weighted by Crippen LogP contribution is 2.32. The fourth-order valence-corrected chi connectivity index (χ4v) is 4.44. The monoisotopic (exact) mass is 382 g/mol. The molecular weight excluding hydrogens is 352 g/mol. The van der Waals surface area contributed by atoms with Crippen LogP contribution in [-0.4, -0.2) is 19.1 Å². The molecule has 0 aromatic heterocycles. The molecular formula is C23H30N2OS. The van der Waals surface area contributed by atoms with Crippen molar-refractivity contribution in [2.75, 3.05) is 19.0 Å². The molecule has 1 aliphatic carbocycles. The molecule has 3 nitrogen and oxygen atoms in total. The van der Waals surface area contributed by atoms with E-state index in [1.165, 1.54) is 38.5 Å². The van der Waals surface area contributed by atoms with Crippen molar-refractivity contribution in [3.63, 3.8) is 0 Å². The van der Waals surface area contributed by atoms with Gasteiger partial charge in [0.1, 0.15) is 0 Å². The molecule has 1 aliphatic heterocycles. The predicted octanol–water partition coefficient (Wildman–Crippen LogP) is 6.12. The van der Waals surface area contributed by atoms with E-state index in [1.807, 2.05) is 20.2 Å². The number of anilines is 1. The summed E-state index contributed by atoms with van der Waals surface area (Å²) in [5.41, 5.74) is 4.17. The summed E-state index contributed by atoms with van der Waals surface area (Å²) in [6.45, 7) is 2.24. The second-order valence-corrected chi connectivity index (χ2v) is 8.64. The fraction of sp³-hybridized carbons (Fsp3) is 0.478. The standard InChI is InChI=1S/C23H30N2OS/c1-4-5-6-7-8-9-10-11-17-14-20-23(16-21(17)26)27-22-15-18(25(2)3)12-13-19(22)24-20/h12-16H,4-11H2,1-3H3. The van der Waals surface area contributed by atoms with Gasteiger partial charge in [-0.05, 0) is 37.1 Å². The summed E-state index contributed by atoms with van der Waals surface area (Å²) in [6, 6.07) is 10.1. The van der Waals surface area contributed by atoms with Gasteiger partial charge in [0.15, 0.2) is 5.43 Å².